The summed E-state index contributed by atoms with van der Waals surface area (Å²) in [4.78, 5) is 0. The second-order valence-corrected chi connectivity index (χ2v) is 4.32. The Morgan fingerprint density at radius 1 is 1.33 bits per heavy atom. The second-order valence-electron chi connectivity index (χ2n) is 3.93. The number of aryl methyl sites for hydroxylation is 1. The molecule has 0 aliphatic rings. The highest BCUT2D eigenvalue weighted by Gasteiger charge is 2.11. The fourth-order valence-corrected chi connectivity index (χ4v) is 2.14. The molecule has 1 aromatic carbocycles. The summed E-state index contributed by atoms with van der Waals surface area (Å²) in [5, 5.41) is 7.12. The number of nitrogens with one attached hydrogen (secondary N) is 1. The van der Waals surface area contributed by atoms with Crippen LogP contribution in [0.25, 0.3) is 5.69 Å². The van der Waals surface area contributed by atoms with Crippen LogP contribution in [0.3, 0.4) is 0 Å². The van der Waals surface area contributed by atoms with E-state index in [1.165, 1.54) is 0 Å². The van der Waals surface area contributed by atoms with Gasteiger partial charge < -0.3 is 4.74 Å². The maximum atomic E-state index is 5.64. The van der Waals surface area contributed by atoms with E-state index < -0.39 is 0 Å². The summed E-state index contributed by atoms with van der Waals surface area (Å²) < 4.78 is 8.19. The fraction of sp³-hybridized carbons (Fsp3) is 0.385. The maximum absolute atomic E-state index is 5.64. The number of H-pyrrole nitrogens is 1. The van der Waals surface area contributed by atoms with Gasteiger partial charge in [-0.1, -0.05) is 19.1 Å². The number of hydrogen-bond acceptors (Lipinski definition) is 3. The van der Waals surface area contributed by atoms with E-state index in [9.17, 15) is 0 Å². The van der Waals surface area contributed by atoms with Crippen LogP contribution in [0.4, 0.5) is 0 Å². The zero-order chi connectivity index (χ0) is 13.0. The van der Waals surface area contributed by atoms with Crippen LogP contribution in [0, 0.1) is 4.77 Å². The number of aromatic amines is 1. The molecule has 0 unspecified atom stereocenters. The van der Waals surface area contributed by atoms with Crippen LogP contribution < -0.4 is 4.74 Å². The molecule has 5 heteroatoms. The van der Waals surface area contributed by atoms with Crippen molar-refractivity contribution in [2.75, 3.05) is 6.61 Å². The Kier molecular flexibility index (Phi) is 4.15. The summed E-state index contributed by atoms with van der Waals surface area (Å²) in [6.45, 7) is 4.72. The van der Waals surface area contributed by atoms with E-state index in [0.29, 0.717) is 11.4 Å². The summed E-state index contributed by atoms with van der Waals surface area (Å²) in [7, 11) is 0. The van der Waals surface area contributed by atoms with Gasteiger partial charge in [-0.15, -0.1) is 0 Å². The summed E-state index contributed by atoms with van der Waals surface area (Å²) in [6, 6.07) is 7.87. The summed E-state index contributed by atoms with van der Waals surface area (Å²) in [5.41, 5.74) is 0.946. The Morgan fingerprint density at radius 2 is 2.11 bits per heavy atom. The van der Waals surface area contributed by atoms with Gasteiger partial charge in [-0.3, -0.25) is 9.67 Å². The Labute approximate surface area is 112 Å². The lowest BCUT2D eigenvalue weighted by molar-refractivity contribution is 0.339. The number of aromatic nitrogens is 3. The van der Waals surface area contributed by atoms with Gasteiger partial charge in [0.15, 0.2) is 4.77 Å². The molecule has 0 aliphatic heterocycles. The van der Waals surface area contributed by atoms with Crippen molar-refractivity contribution in [1.29, 1.82) is 0 Å². The van der Waals surface area contributed by atoms with Gasteiger partial charge in [0.2, 0.25) is 0 Å². The van der Waals surface area contributed by atoms with Crippen molar-refractivity contribution >= 4 is 12.2 Å². The zero-order valence-electron chi connectivity index (χ0n) is 10.6. The molecule has 0 radical (unpaired) electrons. The quantitative estimate of drug-likeness (QED) is 0.842. The smallest absolute Gasteiger partial charge is 0.199 e. The Morgan fingerprint density at radius 3 is 2.83 bits per heavy atom. The first kappa shape index (κ1) is 12.8. The molecule has 4 nitrogen and oxygen atoms in total. The number of hydrogen-bond donors (Lipinski definition) is 1. The minimum absolute atomic E-state index is 0.602. The maximum Gasteiger partial charge on any atom is 0.199 e. The summed E-state index contributed by atoms with van der Waals surface area (Å²) in [6.07, 6.45) is 1.91. The molecule has 0 spiro atoms. The van der Waals surface area contributed by atoms with Crippen molar-refractivity contribution in [3.63, 3.8) is 0 Å². The monoisotopic (exact) mass is 263 g/mol. The molecule has 0 saturated carbocycles. The van der Waals surface area contributed by atoms with Crippen LogP contribution in [0.15, 0.2) is 24.3 Å². The van der Waals surface area contributed by atoms with Gasteiger partial charge >= 0.3 is 0 Å². The van der Waals surface area contributed by atoms with Gasteiger partial charge in [-0.2, -0.15) is 5.10 Å². The summed E-state index contributed by atoms with van der Waals surface area (Å²) >= 11 is 5.30. The normalized spacial score (nSPS) is 10.6. The molecule has 1 N–H and O–H groups in total. The topological polar surface area (TPSA) is 42.8 Å². The Hall–Kier alpha value is -1.62. The lowest BCUT2D eigenvalue weighted by atomic mass is 10.2. The van der Waals surface area contributed by atoms with E-state index in [4.69, 9.17) is 17.0 Å². The first-order valence-corrected chi connectivity index (χ1v) is 6.57. The number of para-hydroxylation sites is 2. The molecule has 0 atom stereocenters. The van der Waals surface area contributed by atoms with Crippen LogP contribution >= 0.6 is 12.2 Å². The first-order chi connectivity index (χ1) is 8.77. The predicted molar refractivity (Wildman–Crippen MR) is 73.9 cm³/mol. The number of benzene rings is 1. The van der Waals surface area contributed by atoms with E-state index in [1.54, 1.807) is 0 Å². The molecule has 1 heterocycles. The number of rotatable bonds is 5. The highest BCUT2D eigenvalue weighted by atomic mass is 32.1. The van der Waals surface area contributed by atoms with Crippen molar-refractivity contribution in [2.45, 2.75) is 26.7 Å². The molecule has 0 bridgehead atoms. The highest BCUT2D eigenvalue weighted by Crippen LogP contribution is 2.24. The van der Waals surface area contributed by atoms with Gasteiger partial charge in [0.05, 0.1) is 12.3 Å². The van der Waals surface area contributed by atoms with Crippen molar-refractivity contribution in [3.05, 3.63) is 34.9 Å². The second kappa shape index (κ2) is 5.82. The van der Waals surface area contributed by atoms with Crippen LogP contribution in [-0.4, -0.2) is 21.4 Å². The van der Waals surface area contributed by atoms with Crippen molar-refractivity contribution < 1.29 is 4.74 Å². The molecule has 1 aromatic heterocycles. The SMILES string of the molecule is CCCc1n[nH]c(=S)n1-c1ccccc1OCC. The van der Waals surface area contributed by atoms with Crippen molar-refractivity contribution in [2.24, 2.45) is 0 Å². The molecule has 96 valence electrons. The molecule has 0 amide bonds. The predicted octanol–water partition coefficient (Wildman–Crippen LogP) is 3.28. The highest BCUT2D eigenvalue weighted by molar-refractivity contribution is 7.71. The molecule has 0 saturated heterocycles. The molecular formula is C13H17N3OS. The molecular weight excluding hydrogens is 246 g/mol. The zero-order valence-corrected chi connectivity index (χ0v) is 11.5. The van der Waals surface area contributed by atoms with Crippen LogP contribution in [-0.2, 0) is 6.42 Å². The van der Waals surface area contributed by atoms with Gasteiger partial charge in [0.25, 0.3) is 0 Å². The fourth-order valence-electron chi connectivity index (χ4n) is 1.89. The molecule has 0 fully saturated rings. The number of nitrogens with zero attached hydrogens (tertiary/aromatic N) is 2. The minimum Gasteiger partial charge on any atom is -0.492 e. The first-order valence-electron chi connectivity index (χ1n) is 6.16. The average Bonchev–Trinajstić information content (AvgIpc) is 2.73. The molecule has 0 aliphatic carbocycles. The standard InChI is InChI=1S/C13H17N3OS/c1-3-7-12-14-15-13(18)16(12)10-8-5-6-9-11(10)17-4-2/h5-6,8-9H,3-4,7H2,1-2H3,(H,15,18). The number of ether oxygens (including phenoxy) is 1. The van der Waals surface area contributed by atoms with Crippen molar-refractivity contribution in [3.8, 4) is 11.4 Å². The van der Waals surface area contributed by atoms with Gasteiger partial charge in [0.1, 0.15) is 11.6 Å². The van der Waals surface area contributed by atoms with Crippen LogP contribution in [0.2, 0.25) is 0 Å². The van der Waals surface area contributed by atoms with Gasteiger partial charge in [-0.05, 0) is 37.7 Å². The lowest BCUT2D eigenvalue weighted by Crippen LogP contribution is -2.04. The van der Waals surface area contributed by atoms with E-state index in [0.717, 1.165) is 30.1 Å². The molecule has 2 aromatic rings. The van der Waals surface area contributed by atoms with E-state index in [-0.39, 0.29) is 0 Å². The Balaban J connectivity index is 2.54. The van der Waals surface area contributed by atoms with Crippen LogP contribution in [0.1, 0.15) is 26.1 Å². The van der Waals surface area contributed by atoms with Crippen LogP contribution in [0.5, 0.6) is 5.75 Å². The third kappa shape index (κ3) is 2.46. The Bertz CT molecular complexity index is 574. The van der Waals surface area contributed by atoms with Crippen molar-refractivity contribution in [1.82, 2.24) is 14.8 Å². The minimum atomic E-state index is 0.602. The van der Waals surface area contributed by atoms with E-state index in [1.807, 2.05) is 35.8 Å². The van der Waals surface area contributed by atoms with Gasteiger partial charge in [0, 0.05) is 6.42 Å². The van der Waals surface area contributed by atoms with E-state index >= 15 is 0 Å². The van der Waals surface area contributed by atoms with E-state index in [2.05, 4.69) is 17.1 Å². The summed E-state index contributed by atoms with van der Waals surface area (Å²) in [5.74, 6) is 1.77. The largest absolute Gasteiger partial charge is 0.492 e. The molecule has 2 rings (SSSR count). The van der Waals surface area contributed by atoms with Gasteiger partial charge in [-0.25, -0.2) is 0 Å². The average molecular weight is 263 g/mol. The molecule has 18 heavy (non-hydrogen) atoms. The third-order valence-electron chi connectivity index (χ3n) is 2.62. The third-order valence-corrected chi connectivity index (χ3v) is 2.90. The lowest BCUT2D eigenvalue weighted by Gasteiger charge is -2.12.